The van der Waals surface area contributed by atoms with Crippen molar-refractivity contribution < 1.29 is 9.52 Å². The van der Waals surface area contributed by atoms with Crippen molar-refractivity contribution in [3.05, 3.63) is 24.2 Å². The summed E-state index contributed by atoms with van der Waals surface area (Å²) in [6.07, 6.45) is 2.64. The van der Waals surface area contributed by atoms with Crippen LogP contribution in [0, 0.1) is 5.41 Å². The lowest BCUT2D eigenvalue weighted by Gasteiger charge is -2.25. The topological polar surface area (TPSA) is 45.4 Å². The Morgan fingerprint density at radius 2 is 2.36 bits per heavy atom. The zero-order valence-electron chi connectivity index (χ0n) is 8.92. The molecule has 1 atom stereocenters. The van der Waals surface area contributed by atoms with Gasteiger partial charge in [-0.2, -0.15) is 0 Å². The molecule has 0 aliphatic rings. The van der Waals surface area contributed by atoms with Crippen LogP contribution in [0.25, 0.3) is 0 Å². The van der Waals surface area contributed by atoms with Gasteiger partial charge in [0.15, 0.2) is 0 Å². The highest BCUT2D eigenvalue weighted by atomic mass is 16.3. The first-order chi connectivity index (χ1) is 6.70. The van der Waals surface area contributed by atoms with E-state index in [4.69, 9.17) is 4.42 Å². The minimum Gasteiger partial charge on any atom is -0.468 e. The molecule has 14 heavy (non-hydrogen) atoms. The van der Waals surface area contributed by atoms with Crippen LogP contribution in [0.15, 0.2) is 22.8 Å². The second-order valence-electron chi connectivity index (χ2n) is 4.01. The summed E-state index contributed by atoms with van der Waals surface area (Å²) in [5, 5.41) is 12.5. The van der Waals surface area contributed by atoms with Gasteiger partial charge in [-0.25, -0.2) is 0 Å². The molecule has 3 heteroatoms. The number of rotatable bonds is 6. The van der Waals surface area contributed by atoms with Crippen molar-refractivity contribution in [1.82, 2.24) is 5.32 Å². The van der Waals surface area contributed by atoms with E-state index in [9.17, 15) is 5.11 Å². The Morgan fingerprint density at radius 1 is 1.57 bits per heavy atom. The van der Waals surface area contributed by atoms with Gasteiger partial charge >= 0.3 is 0 Å². The fourth-order valence-electron chi connectivity index (χ4n) is 1.19. The van der Waals surface area contributed by atoms with Crippen LogP contribution >= 0.6 is 0 Å². The van der Waals surface area contributed by atoms with E-state index in [-0.39, 0.29) is 12.0 Å². The molecule has 1 rings (SSSR count). The zero-order chi connectivity index (χ0) is 10.4. The van der Waals surface area contributed by atoms with Crippen LogP contribution < -0.4 is 5.32 Å². The smallest absolute Gasteiger partial charge is 0.117 e. The second kappa shape index (κ2) is 5.17. The number of furan rings is 1. The minimum atomic E-state index is -0.0212. The number of nitrogens with one attached hydrogen (secondary N) is 1. The lowest BCUT2D eigenvalue weighted by atomic mass is 9.89. The molecule has 0 amide bonds. The minimum absolute atomic E-state index is 0.0212. The molecule has 80 valence electrons. The molecule has 0 fully saturated rings. The Balaban J connectivity index is 2.27. The molecule has 3 nitrogen and oxygen atoms in total. The lowest BCUT2D eigenvalue weighted by Crippen LogP contribution is -2.33. The third-order valence-corrected chi connectivity index (χ3v) is 2.67. The number of hydrogen-bond donors (Lipinski definition) is 2. The van der Waals surface area contributed by atoms with Crippen molar-refractivity contribution in [1.29, 1.82) is 0 Å². The molecule has 0 saturated carbocycles. The SMILES string of the molecule is CCC(C)(CO)CNCc1ccco1. The molecule has 0 aliphatic carbocycles. The summed E-state index contributed by atoms with van der Waals surface area (Å²) in [6, 6.07) is 3.82. The molecular formula is C11H19NO2. The number of aliphatic hydroxyl groups excluding tert-OH is 1. The van der Waals surface area contributed by atoms with Gasteiger partial charge in [-0.05, 0) is 18.6 Å². The maximum Gasteiger partial charge on any atom is 0.117 e. The first kappa shape index (κ1) is 11.3. The van der Waals surface area contributed by atoms with E-state index in [2.05, 4.69) is 19.2 Å². The van der Waals surface area contributed by atoms with Gasteiger partial charge in [0.2, 0.25) is 0 Å². The van der Waals surface area contributed by atoms with Crippen LogP contribution in [0.4, 0.5) is 0 Å². The molecule has 1 heterocycles. The van der Waals surface area contributed by atoms with Crippen molar-refractivity contribution >= 4 is 0 Å². The number of hydrogen-bond acceptors (Lipinski definition) is 3. The third kappa shape index (κ3) is 3.16. The highest BCUT2D eigenvalue weighted by Gasteiger charge is 2.20. The van der Waals surface area contributed by atoms with E-state index < -0.39 is 0 Å². The van der Waals surface area contributed by atoms with Crippen LogP contribution in [0.5, 0.6) is 0 Å². The molecule has 1 aromatic heterocycles. The summed E-state index contributed by atoms with van der Waals surface area (Å²) >= 11 is 0. The van der Waals surface area contributed by atoms with Crippen molar-refractivity contribution in [2.75, 3.05) is 13.2 Å². The molecule has 0 aliphatic heterocycles. The summed E-state index contributed by atoms with van der Waals surface area (Å²) in [4.78, 5) is 0. The molecule has 0 radical (unpaired) electrons. The van der Waals surface area contributed by atoms with Crippen molar-refractivity contribution in [3.8, 4) is 0 Å². The standard InChI is InChI=1S/C11H19NO2/c1-3-11(2,9-13)8-12-7-10-5-4-6-14-10/h4-6,12-13H,3,7-9H2,1-2H3. The van der Waals surface area contributed by atoms with E-state index in [0.717, 1.165) is 25.3 Å². The Morgan fingerprint density at radius 3 is 2.86 bits per heavy atom. The predicted molar refractivity (Wildman–Crippen MR) is 55.9 cm³/mol. The molecular weight excluding hydrogens is 178 g/mol. The van der Waals surface area contributed by atoms with Crippen LogP contribution in [-0.4, -0.2) is 18.3 Å². The summed E-state index contributed by atoms with van der Waals surface area (Å²) in [7, 11) is 0. The van der Waals surface area contributed by atoms with Crippen molar-refractivity contribution in [2.24, 2.45) is 5.41 Å². The number of aliphatic hydroxyl groups is 1. The zero-order valence-corrected chi connectivity index (χ0v) is 8.92. The summed E-state index contributed by atoms with van der Waals surface area (Å²) in [5.41, 5.74) is -0.0212. The second-order valence-corrected chi connectivity index (χ2v) is 4.01. The van der Waals surface area contributed by atoms with Gasteiger partial charge in [-0.3, -0.25) is 0 Å². The van der Waals surface area contributed by atoms with Crippen LogP contribution in [0.2, 0.25) is 0 Å². The monoisotopic (exact) mass is 197 g/mol. The van der Waals surface area contributed by atoms with Gasteiger partial charge < -0.3 is 14.8 Å². The molecule has 1 aromatic rings. The first-order valence-electron chi connectivity index (χ1n) is 5.04. The van der Waals surface area contributed by atoms with Crippen LogP contribution in [-0.2, 0) is 6.54 Å². The van der Waals surface area contributed by atoms with Gasteiger partial charge in [0.25, 0.3) is 0 Å². The van der Waals surface area contributed by atoms with E-state index in [1.54, 1.807) is 6.26 Å². The fraction of sp³-hybridized carbons (Fsp3) is 0.636. The Bertz CT molecular complexity index is 240. The fourth-order valence-corrected chi connectivity index (χ4v) is 1.19. The highest BCUT2D eigenvalue weighted by molar-refractivity contribution is 4.97. The summed E-state index contributed by atoms with van der Waals surface area (Å²) in [6.45, 7) is 5.91. The molecule has 2 N–H and O–H groups in total. The Hall–Kier alpha value is -0.800. The van der Waals surface area contributed by atoms with Crippen LogP contribution in [0.3, 0.4) is 0 Å². The quantitative estimate of drug-likeness (QED) is 0.730. The Kier molecular flexibility index (Phi) is 4.17. The van der Waals surface area contributed by atoms with E-state index in [1.807, 2.05) is 12.1 Å². The van der Waals surface area contributed by atoms with Crippen molar-refractivity contribution in [2.45, 2.75) is 26.8 Å². The van der Waals surface area contributed by atoms with Gasteiger partial charge in [0.1, 0.15) is 5.76 Å². The lowest BCUT2D eigenvalue weighted by molar-refractivity contribution is 0.134. The normalized spacial score (nSPS) is 15.4. The van der Waals surface area contributed by atoms with E-state index in [1.165, 1.54) is 0 Å². The van der Waals surface area contributed by atoms with E-state index >= 15 is 0 Å². The summed E-state index contributed by atoms with van der Waals surface area (Å²) in [5.74, 6) is 0.932. The molecule has 0 bridgehead atoms. The molecule has 0 spiro atoms. The van der Waals surface area contributed by atoms with E-state index in [0.29, 0.717) is 0 Å². The van der Waals surface area contributed by atoms with Gasteiger partial charge in [0, 0.05) is 18.6 Å². The predicted octanol–water partition coefficient (Wildman–Crippen LogP) is 1.78. The average molecular weight is 197 g/mol. The maximum absolute atomic E-state index is 9.18. The highest BCUT2D eigenvalue weighted by Crippen LogP contribution is 2.18. The first-order valence-corrected chi connectivity index (χ1v) is 5.04. The third-order valence-electron chi connectivity index (χ3n) is 2.67. The maximum atomic E-state index is 9.18. The van der Waals surface area contributed by atoms with Crippen molar-refractivity contribution in [3.63, 3.8) is 0 Å². The molecule has 1 unspecified atom stereocenters. The van der Waals surface area contributed by atoms with Crippen LogP contribution in [0.1, 0.15) is 26.0 Å². The average Bonchev–Trinajstić information content (AvgIpc) is 2.70. The summed E-state index contributed by atoms with van der Waals surface area (Å²) < 4.78 is 5.19. The largest absolute Gasteiger partial charge is 0.468 e. The Labute approximate surface area is 85.1 Å². The van der Waals surface area contributed by atoms with Gasteiger partial charge in [0.05, 0.1) is 12.8 Å². The van der Waals surface area contributed by atoms with Gasteiger partial charge in [-0.1, -0.05) is 13.8 Å². The molecule has 0 aromatic carbocycles. The molecule has 0 saturated heterocycles. The van der Waals surface area contributed by atoms with Gasteiger partial charge in [-0.15, -0.1) is 0 Å².